The molecule has 1 amide bonds. The maximum atomic E-state index is 13.7. The summed E-state index contributed by atoms with van der Waals surface area (Å²) in [6.45, 7) is 5.44. The highest BCUT2D eigenvalue weighted by Crippen LogP contribution is 2.32. The van der Waals surface area contributed by atoms with E-state index in [9.17, 15) is 13.2 Å². The van der Waals surface area contributed by atoms with Gasteiger partial charge in [0, 0.05) is 0 Å². The van der Waals surface area contributed by atoms with Crippen LogP contribution in [0.15, 0.2) is 65.6 Å². The van der Waals surface area contributed by atoms with Gasteiger partial charge in [0.2, 0.25) is 5.91 Å². The number of hydrogen-bond donors (Lipinski definition) is 1. The van der Waals surface area contributed by atoms with Gasteiger partial charge in [0.25, 0.3) is 10.0 Å². The Hall–Kier alpha value is -3.32. The Bertz CT molecular complexity index is 1310. The molecule has 0 bridgehead atoms. The second-order valence-electron chi connectivity index (χ2n) is 9.25. The van der Waals surface area contributed by atoms with E-state index in [4.69, 9.17) is 4.74 Å². The van der Waals surface area contributed by atoms with Gasteiger partial charge >= 0.3 is 0 Å². The zero-order valence-electron chi connectivity index (χ0n) is 20.7. The van der Waals surface area contributed by atoms with Gasteiger partial charge in [-0.25, -0.2) is 8.42 Å². The largest absolute Gasteiger partial charge is 0.497 e. The molecule has 0 spiro atoms. The van der Waals surface area contributed by atoms with Crippen molar-refractivity contribution in [1.29, 1.82) is 0 Å². The smallest absolute Gasteiger partial charge is 0.264 e. The summed E-state index contributed by atoms with van der Waals surface area (Å²) in [5, 5.41) is 3.09. The molecule has 3 aromatic rings. The van der Waals surface area contributed by atoms with Crippen LogP contribution in [0.3, 0.4) is 0 Å². The number of nitrogens with zero attached hydrogens (tertiary/aromatic N) is 1. The topological polar surface area (TPSA) is 75.7 Å². The second kappa shape index (κ2) is 10.1. The van der Waals surface area contributed by atoms with Crippen LogP contribution in [0.5, 0.6) is 5.75 Å². The minimum atomic E-state index is -3.95. The molecule has 0 radical (unpaired) electrons. The molecular formula is C28H32N2O4S. The molecule has 1 aliphatic carbocycles. The molecule has 1 atom stereocenters. The average Bonchev–Trinajstić information content (AvgIpc) is 2.82. The summed E-state index contributed by atoms with van der Waals surface area (Å²) in [6, 6.07) is 18.0. The number of sulfonamides is 1. The van der Waals surface area contributed by atoms with Gasteiger partial charge in [-0.1, -0.05) is 29.8 Å². The number of nitrogens with one attached hydrogen (secondary N) is 1. The van der Waals surface area contributed by atoms with Gasteiger partial charge in [-0.05, 0) is 98.7 Å². The third-order valence-corrected chi connectivity index (χ3v) is 8.18. The Kier molecular flexibility index (Phi) is 7.17. The first-order chi connectivity index (χ1) is 16.7. The number of anilines is 1. The fourth-order valence-electron chi connectivity index (χ4n) is 4.69. The molecule has 1 N–H and O–H groups in total. The summed E-state index contributed by atoms with van der Waals surface area (Å²) >= 11 is 0. The van der Waals surface area contributed by atoms with E-state index in [0.717, 1.165) is 52.8 Å². The molecule has 0 fully saturated rings. The highest BCUT2D eigenvalue weighted by Gasteiger charge is 2.29. The van der Waals surface area contributed by atoms with Crippen molar-refractivity contribution < 1.29 is 17.9 Å². The van der Waals surface area contributed by atoms with Gasteiger partial charge < -0.3 is 10.1 Å². The third kappa shape index (κ3) is 5.51. The molecule has 6 nitrogen and oxygen atoms in total. The van der Waals surface area contributed by atoms with Crippen LogP contribution in [-0.2, 0) is 21.2 Å². The standard InChI is InChI=1S/C28H32N2O4S/c1-19-8-11-25(12-9-19)35(32,33)30(23-15-20(2)14-21(3)16-23)18-28(31)29-27-7-5-6-22-17-24(34-4)10-13-26(22)27/h8-17,27H,5-7,18H2,1-4H3,(H,29,31). The molecule has 0 heterocycles. The number of hydrogen-bond acceptors (Lipinski definition) is 4. The van der Waals surface area contributed by atoms with Crippen molar-refractivity contribution in [3.63, 3.8) is 0 Å². The summed E-state index contributed by atoms with van der Waals surface area (Å²) < 4.78 is 33.9. The molecule has 35 heavy (non-hydrogen) atoms. The van der Waals surface area contributed by atoms with Gasteiger partial charge in [-0.15, -0.1) is 0 Å². The number of aryl methyl sites for hydroxylation is 4. The molecule has 0 aliphatic heterocycles. The van der Waals surface area contributed by atoms with Crippen LogP contribution in [0.4, 0.5) is 5.69 Å². The van der Waals surface area contributed by atoms with Crippen molar-refractivity contribution in [2.24, 2.45) is 0 Å². The van der Waals surface area contributed by atoms with E-state index in [1.807, 2.05) is 45.0 Å². The summed E-state index contributed by atoms with van der Waals surface area (Å²) in [5.74, 6) is 0.453. The predicted octanol–water partition coefficient (Wildman–Crippen LogP) is 5.01. The molecule has 1 unspecified atom stereocenters. The lowest BCUT2D eigenvalue weighted by molar-refractivity contribution is -0.120. The molecule has 7 heteroatoms. The zero-order valence-corrected chi connectivity index (χ0v) is 21.5. The van der Waals surface area contributed by atoms with Crippen molar-refractivity contribution in [2.75, 3.05) is 18.0 Å². The van der Waals surface area contributed by atoms with Crippen LogP contribution in [0, 0.1) is 20.8 Å². The monoisotopic (exact) mass is 492 g/mol. The van der Waals surface area contributed by atoms with Gasteiger partial charge in [0.05, 0.1) is 23.7 Å². The van der Waals surface area contributed by atoms with Crippen LogP contribution in [0.1, 0.15) is 46.7 Å². The lowest BCUT2D eigenvalue weighted by Gasteiger charge is -2.29. The molecular weight excluding hydrogens is 460 g/mol. The molecule has 3 aromatic carbocycles. The molecule has 184 valence electrons. The van der Waals surface area contributed by atoms with Crippen molar-refractivity contribution in [3.8, 4) is 5.75 Å². The lowest BCUT2D eigenvalue weighted by Crippen LogP contribution is -2.42. The molecule has 0 saturated heterocycles. The number of carbonyl (C=O) groups is 1. The Morgan fingerprint density at radius 3 is 2.31 bits per heavy atom. The SMILES string of the molecule is COc1ccc2c(c1)CCCC2NC(=O)CN(c1cc(C)cc(C)c1)S(=O)(=O)c1ccc(C)cc1. The number of amides is 1. The minimum Gasteiger partial charge on any atom is -0.497 e. The number of ether oxygens (including phenoxy) is 1. The highest BCUT2D eigenvalue weighted by molar-refractivity contribution is 7.92. The van der Waals surface area contributed by atoms with E-state index in [1.165, 1.54) is 4.31 Å². The summed E-state index contributed by atoms with van der Waals surface area (Å²) in [5.41, 5.74) is 5.52. The first-order valence-electron chi connectivity index (χ1n) is 11.8. The normalized spacial score (nSPS) is 15.3. The van der Waals surface area contributed by atoms with E-state index in [0.29, 0.717) is 5.69 Å². The van der Waals surface area contributed by atoms with Crippen molar-refractivity contribution >= 4 is 21.6 Å². The summed E-state index contributed by atoms with van der Waals surface area (Å²) in [4.78, 5) is 13.4. The number of carbonyl (C=O) groups excluding carboxylic acids is 1. The van der Waals surface area contributed by atoms with Gasteiger partial charge in [0.1, 0.15) is 12.3 Å². The van der Waals surface area contributed by atoms with Gasteiger partial charge in [0.15, 0.2) is 0 Å². The average molecular weight is 493 g/mol. The Morgan fingerprint density at radius 1 is 0.971 bits per heavy atom. The number of methoxy groups -OCH3 is 1. The summed E-state index contributed by atoms with van der Waals surface area (Å²) in [6.07, 6.45) is 2.67. The van der Waals surface area contributed by atoms with E-state index >= 15 is 0 Å². The molecule has 0 aromatic heterocycles. The third-order valence-electron chi connectivity index (χ3n) is 6.39. The quantitative estimate of drug-likeness (QED) is 0.503. The van der Waals surface area contributed by atoms with Crippen LogP contribution < -0.4 is 14.4 Å². The molecule has 1 aliphatic rings. The first kappa shape index (κ1) is 24.8. The van der Waals surface area contributed by atoms with Crippen LogP contribution in [0.25, 0.3) is 0 Å². The Morgan fingerprint density at radius 2 is 1.66 bits per heavy atom. The second-order valence-corrected chi connectivity index (χ2v) is 11.1. The van der Waals surface area contributed by atoms with Gasteiger partial charge in [-0.3, -0.25) is 9.10 Å². The van der Waals surface area contributed by atoms with Crippen molar-refractivity contribution in [1.82, 2.24) is 5.32 Å². The van der Waals surface area contributed by atoms with E-state index in [1.54, 1.807) is 43.5 Å². The zero-order chi connectivity index (χ0) is 25.2. The number of fused-ring (bicyclic) bond motifs is 1. The highest BCUT2D eigenvalue weighted by atomic mass is 32.2. The lowest BCUT2D eigenvalue weighted by atomic mass is 9.87. The van der Waals surface area contributed by atoms with Gasteiger partial charge in [-0.2, -0.15) is 0 Å². The number of benzene rings is 3. The molecule has 4 rings (SSSR count). The van der Waals surface area contributed by atoms with E-state index in [-0.39, 0.29) is 23.4 Å². The van der Waals surface area contributed by atoms with Crippen LogP contribution in [-0.4, -0.2) is 28.0 Å². The maximum Gasteiger partial charge on any atom is 0.264 e. The summed E-state index contributed by atoms with van der Waals surface area (Å²) in [7, 11) is -2.32. The Balaban J connectivity index is 1.64. The fraction of sp³-hybridized carbons (Fsp3) is 0.321. The minimum absolute atomic E-state index is 0.158. The van der Waals surface area contributed by atoms with Crippen LogP contribution >= 0.6 is 0 Å². The van der Waals surface area contributed by atoms with Crippen molar-refractivity contribution in [2.45, 2.75) is 51.0 Å². The first-order valence-corrected chi connectivity index (χ1v) is 13.3. The Labute approximate surface area is 208 Å². The van der Waals surface area contributed by atoms with E-state index in [2.05, 4.69) is 5.32 Å². The molecule has 0 saturated carbocycles. The predicted molar refractivity (Wildman–Crippen MR) is 138 cm³/mol. The maximum absolute atomic E-state index is 13.7. The number of rotatable bonds is 7. The van der Waals surface area contributed by atoms with E-state index < -0.39 is 10.0 Å². The van der Waals surface area contributed by atoms with Crippen molar-refractivity contribution in [3.05, 3.63) is 88.5 Å². The fourth-order valence-corrected chi connectivity index (χ4v) is 6.09. The van der Waals surface area contributed by atoms with Crippen LogP contribution in [0.2, 0.25) is 0 Å².